The third-order valence-corrected chi connectivity index (χ3v) is 5.18. The molecule has 0 saturated carbocycles. The zero-order valence-electron chi connectivity index (χ0n) is 13.5. The number of hydrogen-bond acceptors (Lipinski definition) is 5. The molecule has 1 atom stereocenters. The van der Waals surface area contributed by atoms with Crippen LogP contribution in [0.2, 0.25) is 0 Å². The van der Waals surface area contributed by atoms with E-state index >= 15 is 0 Å². The van der Waals surface area contributed by atoms with Gasteiger partial charge in [-0.15, -0.1) is 0 Å². The van der Waals surface area contributed by atoms with E-state index in [0.717, 1.165) is 17.3 Å². The Bertz CT molecular complexity index is 852. The molecule has 2 amide bonds. The van der Waals surface area contributed by atoms with Gasteiger partial charge in [0.25, 0.3) is 0 Å². The van der Waals surface area contributed by atoms with Gasteiger partial charge in [0.2, 0.25) is 11.8 Å². The first kappa shape index (κ1) is 17.2. The molecule has 1 aliphatic heterocycles. The van der Waals surface area contributed by atoms with E-state index in [-0.39, 0.29) is 28.8 Å². The Morgan fingerprint density at radius 1 is 1.28 bits per heavy atom. The third kappa shape index (κ3) is 3.28. The van der Waals surface area contributed by atoms with Gasteiger partial charge in [0.15, 0.2) is 0 Å². The second-order valence-electron chi connectivity index (χ2n) is 5.52. The van der Waals surface area contributed by atoms with Crippen LogP contribution in [-0.4, -0.2) is 33.1 Å². The molecule has 2 aromatic rings. The van der Waals surface area contributed by atoms with Gasteiger partial charge in [-0.2, -0.15) is 0 Å². The molecule has 0 spiro atoms. The SMILES string of the molecule is CCc1ccccc1N1C(=O)C[C@H](Sc2ncccc2C(=O)O)C1=O. The summed E-state index contributed by atoms with van der Waals surface area (Å²) in [5.41, 5.74) is 1.54. The van der Waals surface area contributed by atoms with E-state index in [9.17, 15) is 19.5 Å². The highest BCUT2D eigenvalue weighted by Crippen LogP contribution is 2.35. The van der Waals surface area contributed by atoms with Crippen LogP contribution in [0.1, 0.15) is 29.3 Å². The predicted molar refractivity (Wildman–Crippen MR) is 93.8 cm³/mol. The molecule has 1 aromatic heterocycles. The molecule has 2 heterocycles. The minimum Gasteiger partial charge on any atom is -0.478 e. The van der Waals surface area contributed by atoms with E-state index in [1.165, 1.54) is 23.2 Å². The number of thioether (sulfide) groups is 1. The number of imide groups is 1. The molecule has 1 saturated heterocycles. The molecule has 1 aromatic carbocycles. The number of anilines is 1. The van der Waals surface area contributed by atoms with Crippen LogP contribution in [0.15, 0.2) is 47.6 Å². The second-order valence-corrected chi connectivity index (χ2v) is 6.71. The normalized spacial score (nSPS) is 17.2. The van der Waals surface area contributed by atoms with Crippen LogP contribution in [0.3, 0.4) is 0 Å². The molecular weight excluding hydrogens is 340 g/mol. The van der Waals surface area contributed by atoms with Crippen molar-refractivity contribution in [2.24, 2.45) is 0 Å². The van der Waals surface area contributed by atoms with E-state index in [0.29, 0.717) is 12.1 Å². The number of carboxylic acid groups (broad SMARTS) is 1. The summed E-state index contributed by atoms with van der Waals surface area (Å²) in [7, 11) is 0. The van der Waals surface area contributed by atoms with Gasteiger partial charge in [0.05, 0.1) is 16.5 Å². The van der Waals surface area contributed by atoms with Crippen LogP contribution in [0, 0.1) is 0 Å². The number of carbonyl (C=O) groups is 3. The Kier molecular flexibility index (Phi) is 4.85. The number of carbonyl (C=O) groups excluding carboxylic acids is 2. The quantitative estimate of drug-likeness (QED) is 0.829. The van der Waals surface area contributed by atoms with Gasteiger partial charge in [0.1, 0.15) is 5.03 Å². The van der Waals surface area contributed by atoms with E-state index in [2.05, 4.69) is 4.98 Å². The molecule has 7 heteroatoms. The van der Waals surface area contributed by atoms with Crippen LogP contribution < -0.4 is 4.90 Å². The second kappa shape index (κ2) is 7.06. The third-order valence-electron chi connectivity index (χ3n) is 3.97. The topological polar surface area (TPSA) is 87.6 Å². The number of para-hydroxylation sites is 1. The molecule has 6 nitrogen and oxygen atoms in total. The van der Waals surface area contributed by atoms with Crippen molar-refractivity contribution < 1.29 is 19.5 Å². The van der Waals surface area contributed by atoms with E-state index in [1.54, 1.807) is 12.1 Å². The van der Waals surface area contributed by atoms with E-state index < -0.39 is 11.2 Å². The molecule has 0 aliphatic carbocycles. The first-order valence-corrected chi connectivity index (χ1v) is 8.70. The summed E-state index contributed by atoms with van der Waals surface area (Å²) in [5, 5.41) is 8.81. The Hall–Kier alpha value is -2.67. The zero-order chi connectivity index (χ0) is 18.0. The number of aryl methyl sites for hydroxylation is 1. The van der Waals surface area contributed by atoms with Gasteiger partial charge in [-0.25, -0.2) is 14.7 Å². The molecule has 128 valence electrons. The number of carboxylic acids is 1. The lowest BCUT2D eigenvalue weighted by molar-refractivity contribution is -0.121. The highest BCUT2D eigenvalue weighted by atomic mass is 32.2. The van der Waals surface area contributed by atoms with E-state index in [4.69, 9.17) is 0 Å². The molecular formula is C18H16N2O4S. The lowest BCUT2D eigenvalue weighted by Gasteiger charge is -2.18. The van der Waals surface area contributed by atoms with Crippen LogP contribution in [-0.2, 0) is 16.0 Å². The Morgan fingerprint density at radius 2 is 2.04 bits per heavy atom. The number of benzene rings is 1. The summed E-state index contributed by atoms with van der Waals surface area (Å²) in [5.74, 6) is -1.73. The number of amides is 2. The Balaban J connectivity index is 1.89. The van der Waals surface area contributed by atoms with Crippen molar-refractivity contribution in [1.82, 2.24) is 4.98 Å². The number of aromatic nitrogens is 1. The average molecular weight is 356 g/mol. The lowest BCUT2D eigenvalue weighted by atomic mass is 10.1. The number of hydrogen-bond donors (Lipinski definition) is 1. The fourth-order valence-electron chi connectivity index (χ4n) is 2.76. The molecule has 1 aliphatic rings. The van der Waals surface area contributed by atoms with Crippen LogP contribution in [0.5, 0.6) is 0 Å². The number of nitrogens with zero attached hydrogens (tertiary/aromatic N) is 2. The highest BCUT2D eigenvalue weighted by molar-refractivity contribution is 8.00. The summed E-state index contributed by atoms with van der Waals surface area (Å²) in [6.45, 7) is 1.96. The number of rotatable bonds is 5. The molecule has 0 bridgehead atoms. The number of aromatic carboxylic acids is 1. The van der Waals surface area contributed by atoms with Crippen molar-refractivity contribution in [3.05, 3.63) is 53.7 Å². The largest absolute Gasteiger partial charge is 0.478 e. The maximum Gasteiger partial charge on any atom is 0.338 e. The maximum absolute atomic E-state index is 12.8. The highest BCUT2D eigenvalue weighted by Gasteiger charge is 2.41. The standard InChI is InChI=1S/C18H16N2O4S/c1-2-11-6-3-4-8-13(11)20-15(21)10-14(17(20)22)25-16-12(18(23)24)7-5-9-19-16/h3-9,14H,2,10H2,1H3,(H,23,24)/t14-/m0/s1. The smallest absolute Gasteiger partial charge is 0.338 e. The van der Waals surface area contributed by atoms with Gasteiger partial charge in [-0.1, -0.05) is 36.9 Å². The average Bonchev–Trinajstić information content (AvgIpc) is 2.88. The summed E-state index contributed by atoms with van der Waals surface area (Å²) < 4.78 is 0. The fourth-order valence-corrected chi connectivity index (χ4v) is 3.87. The van der Waals surface area contributed by atoms with Crippen molar-refractivity contribution >= 4 is 35.2 Å². The molecule has 25 heavy (non-hydrogen) atoms. The first-order valence-electron chi connectivity index (χ1n) is 7.82. The van der Waals surface area contributed by atoms with Crippen LogP contribution in [0.25, 0.3) is 0 Å². The molecule has 3 rings (SSSR count). The van der Waals surface area contributed by atoms with Crippen molar-refractivity contribution in [3.8, 4) is 0 Å². The first-order chi connectivity index (χ1) is 12.0. The van der Waals surface area contributed by atoms with Gasteiger partial charge in [0, 0.05) is 12.6 Å². The van der Waals surface area contributed by atoms with Crippen LogP contribution >= 0.6 is 11.8 Å². The van der Waals surface area contributed by atoms with Crippen molar-refractivity contribution in [1.29, 1.82) is 0 Å². The van der Waals surface area contributed by atoms with Gasteiger partial charge >= 0.3 is 5.97 Å². The minimum absolute atomic E-state index is 0.0250. The minimum atomic E-state index is -1.11. The monoisotopic (exact) mass is 356 g/mol. The molecule has 1 fully saturated rings. The molecule has 1 N–H and O–H groups in total. The molecule has 0 radical (unpaired) electrons. The maximum atomic E-state index is 12.8. The zero-order valence-corrected chi connectivity index (χ0v) is 14.3. The lowest BCUT2D eigenvalue weighted by Crippen LogP contribution is -2.32. The molecule has 0 unspecified atom stereocenters. The number of pyridine rings is 1. The van der Waals surface area contributed by atoms with Crippen LogP contribution in [0.4, 0.5) is 5.69 Å². The van der Waals surface area contributed by atoms with Crippen molar-refractivity contribution in [2.75, 3.05) is 4.90 Å². The summed E-state index contributed by atoms with van der Waals surface area (Å²) in [6.07, 6.45) is 2.20. The van der Waals surface area contributed by atoms with Crippen molar-refractivity contribution in [3.63, 3.8) is 0 Å². The van der Waals surface area contributed by atoms with Gasteiger partial charge in [-0.3, -0.25) is 9.59 Å². The van der Waals surface area contributed by atoms with Gasteiger partial charge < -0.3 is 5.11 Å². The van der Waals surface area contributed by atoms with E-state index in [1.807, 2.05) is 19.1 Å². The van der Waals surface area contributed by atoms with Crippen molar-refractivity contribution in [2.45, 2.75) is 30.0 Å². The summed E-state index contributed by atoms with van der Waals surface area (Å²) >= 11 is 1.03. The van der Waals surface area contributed by atoms with Gasteiger partial charge in [-0.05, 0) is 30.2 Å². The predicted octanol–water partition coefficient (Wildman–Crippen LogP) is 2.77. The summed E-state index contributed by atoms with van der Waals surface area (Å²) in [6, 6.07) is 10.3. The Morgan fingerprint density at radius 3 is 2.76 bits per heavy atom. The fraction of sp³-hybridized carbons (Fsp3) is 0.222. The summed E-state index contributed by atoms with van der Waals surface area (Å²) in [4.78, 5) is 41.8. The Labute approximate surface area is 148 Å².